The van der Waals surface area contributed by atoms with Crippen LogP contribution < -0.4 is 5.32 Å². The predicted molar refractivity (Wildman–Crippen MR) is 59.9 cm³/mol. The molecule has 0 fully saturated rings. The third-order valence-electron chi connectivity index (χ3n) is 2.26. The van der Waals surface area contributed by atoms with Gasteiger partial charge >= 0.3 is 5.97 Å². The molecule has 1 aromatic rings. The number of ether oxygens (including phenoxy) is 1. The topological polar surface area (TPSA) is 55.4 Å². The number of hydrogen-bond donors (Lipinski definition) is 1. The van der Waals surface area contributed by atoms with Crippen LogP contribution in [0.1, 0.15) is 23.7 Å². The minimum atomic E-state index is -1.09. The lowest BCUT2D eigenvalue weighted by Crippen LogP contribution is -2.34. The van der Waals surface area contributed by atoms with E-state index in [0.29, 0.717) is 0 Å². The van der Waals surface area contributed by atoms with Crippen LogP contribution in [-0.2, 0) is 9.53 Å². The first-order valence-electron chi connectivity index (χ1n) is 5.26. The summed E-state index contributed by atoms with van der Waals surface area (Å²) >= 11 is 0. The maximum atomic E-state index is 12.9. The lowest BCUT2D eigenvalue weighted by molar-refractivity contribution is -0.141. The summed E-state index contributed by atoms with van der Waals surface area (Å²) in [4.78, 5) is 22.6. The maximum Gasteiger partial charge on any atom is 0.307 e. The standard InChI is InChI=1S/C12H13F2NO3/c1-7(5-11(16)18-2)15-12(17)8-3-4-9(13)10(14)6-8/h3-4,6-7H,5H2,1-2H3,(H,15,17). The number of carbonyl (C=O) groups excluding carboxylic acids is 2. The molecular weight excluding hydrogens is 244 g/mol. The van der Waals surface area contributed by atoms with Crippen LogP contribution in [0, 0.1) is 11.6 Å². The SMILES string of the molecule is COC(=O)CC(C)NC(=O)c1ccc(F)c(F)c1. The molecule has 0 saturated carbocycles. The van der Waals surface area contributed by atoms with E-state index in [1.54, 1.807) is 6.92 Å². The van der Waals surface area contributed by atoms with Gasteiger partial charge < -0.3 is 10.1 Å². The minimum absolute atomic E-state index is 0.00587. The number of halogens is 2. The van der Waals surface area contributed by atoms with E-state index in [-0.39, 0.29) is 12.0 Å². The first-order chi connectivity index (χ1) is 8.43. The van der Waals surface area contributed by atoms with Gasteiger partial charge in [0.15, 0.2) is 11.6 Å². The monoisotopic (exact) mass is 257 g/mol. The molecule has 0 saturated heterocycles. The lowest BCUT2D eigenvalue weighted by atomic mass is 10.1. The molecule has 0 aliphatic heterocycles. The van der Waals surface area contributed by atoms with Crippen LogP contribution >= 0.6 is 0 Å². The van der Waals surface area contributed by atoms with Crippen molar-refractivity contribution in [3.8, 4) is 0 Å². The third kappa shape index (κ3) is 3.80. The molecule has 1 amide bonds. The van der Waals surface area contributed by atoms with Crippen molar-refractivity contribution in [3.63, 3.8) is 0 Å². The summed E-state index contributed by atoms with van der Waals surface area (Å²) in [5.74, 6) is -3.16. The third-order valence-corrected chi connectivity index (χ3v) is 2.26. The molecule has 98 valence electrons. The van der Waals surface area contributed by atoms with E-state index < -0.39 is 29.6 Å². The van der Waals surface area contributed by atoms with E-state index in [0.717, 1.165) is 12.1 Å². The van der Waals surface area contributed by atoms with Gasteiger partial charge in [0.2, 0.25) is 0 Å². The number of carbonyl (C=O) groups is 2. The van der Waals surface area contributed by atoms with Crippen molar-refractivity contribution in [2.45, 2.75) is 19.4 Å². The summed E-state index contributed by atoms with van der Waals surface area (Å²) < 4.78 is 30.0. The minimum Gasteiger partial charge on any atom is -0.469 e. The first-order valence-corrected chi connectivity index (χ1v) is 5.26. The Morgan fingerprint density at radius 3 is 2.56 bits per heavy atom. The Labute approximate surface area is 103 Å². The molecule has 18 heavy (non-hydrogen) atoms. The fourth-order valence-electron chi connectivity index (χ4n) is 1.33. The summed E-state index contributed by atoms with van der Waals surface area (Å²) in [5.41, 5.74) is -0.00869. The zero-order valence-electron chi connectivity index (χ0n) is 10.00. The second kappa shape index (κ2) is 6.09. The van der Waals surface area contributed by atoms with Crippen LogP contribution in [0.2, 0.25) is 0 Å². The zero-order chi connectivity index (χ0) is 13.7. The summed E-state index contributed by atoms with van der Waals surface area (Å²) in [6, 6.07) is 2.38. The average molecular weight is 257 g/mol. The highest BCUT2D eigenvalue weighted by atomic mass is 19.2. The normalized spacial score (nSPS) is 11.8. The van der Waals surface area contributed by atoms with Gasteiger partial charge in [-0.15, -0.1) is 0 Å². The molecule has 1 unspecified atom stereocenters. The van der Waals surface area contributed by atoms with E-state index in [2.05, 4.69) is 10.1 Å². The Morgan fingerprint density at radius 2 is 2.00 bits per heavy atom. The number of esters is 1. The Bertz CT molecular complexity index is 463. The Balaban J connectivity index is 2.64. The van der Waals surface area contributed by atoms with Crippen molar-refractivity contribution in [1.82, 2.24) is 5.32 Å². The predicted octanol–water partition coefficient (Wildman–Crippen LogP) is 1.65. The molecule has 6 heteroatoms. The molecule has 0 aromatic heterocycles. The van der Waals surface area contributed by atoms with Crippen LogP contribution in [0.5, 0.6) is 0 Å². The second-order valence-electron chi connectivity index (χ2n) is 3.78. The number of hydrogen-bond acceptors (Lipinski definition) is 3. The summed E-state index contributed by atoms with van der Waals surface area (Å²) in [7, 11) is 1.24. The van der Waals surface area contributed by atoms with Crippen molar-refractivity contribution >= 4 is 11.9 Å². The van der Waals surface area contributed by atoms with Gasteiger partial charge in [-0.25, -0.2) is 8.78 Å². The average Bonchev–Trinajstić information content (AvgIpc) is 2.32. The van der Waals surface area contributed by atoms with Crippen LogP contribution in [0.4, 0.5) is 8.78 Å². The highest BCUT2D eigenvalue weighted by molar-refractivity contribution is 5.94. The molecule has 1 rings (SSSR count). The quantitative estimate of drug-likeness (QED) is 0.834. The maximum absolute atomic E-state index is 12.9. The van der Waals surface area contributed by atoms with Crippen LogP contribution in [-0.4, -0.2) is 25.0 Å². The molecule has 0 aliphatic rings. The van der Waals surface area contributed by atoms with Gasteiger partial charge in [-0.3, -0.25) is 9.59 Å². The van der Waals surface area contributed by atoms with Crippen molar-refractivity contribution in [2.24, 2.45) is 0 Å². The van der Waals surface area contributed by atoms with Crippen molar-refractivity contribution in [2.75, 3.05) is 7.11 Å². The van der Waals surface area contributed by atoms with E-state index in [9.17, 15) is 18.4 Å². The molecule has 0 spiro atoms. The Kier molecular flexibility index (Phi) is 4.76. The summed E-state index contributed by atoms with van der Waals surface area (Å²) in [5, 5.41) is 2.48. The van der Waals surface area contributed by atoms with Gasteiger partial charge in [0.05, 0.1) is 13.5 Å². The number of benzene rings is 1. The van der Waals surface area contributed by atoms with Gasteiger partial charge in [-0.05, 0) is 25.1 Å². The molecule has 0 bridgehead atoms. The smallest absolute Gasteiger partial charge is 0.307 e. The van der Waals surface area contributed by atoms with Crippen molar-refractivity contribution < 1.29 is 23.1 Å². The number of amides is 1. The lowest BCUT2D eigenvalue weighted by Gasteiger charge is -2.12. The van der Waals surface area contributed by atoms with E-state index >= 15 is 0 Å². The molecule has 0 heterocycles. The summed E-state index contributed by atoms with van der Waals surface area (Å²) in [6.45, 7) is 1.61. The van der Waals surface area contributed by atoms with E-state index in [1.165, 1.54) is 13.2 Å². The van der Waals surface area contributed by atoms with Crippen LogP contribution in [0.3, 0.4) is 0 Å². The molecular formula is C12H13F2NO3. The largest absolute Gasteiger partial charge is 0.469 e. The second-order valence-corrected chi connectivity index (χ2v) is 3.78. The van der Waals surface area contributed by atoms with Gasteiger partial charge in [0, 0.05) is 11.6 Å². The highest BCUT2D eigenvalue weighted by Crippen LogP contribution is 2.09. The van der Waals surface area contributed by atoms with Gasteiger partial charge in [0.1, 0.15) is 0 Å². The van der Waals surface area contributed by atoms with Gasteiger partial charge in [-0.1, -0.05) is 0 Å². The number of rotatable bonds is 4. The summed E-state index contributed by atoms with van der Waals surface area (Å²) in [6.07, 6.45) is 0.00587. The molecule has 1 N–H and O–H groups in total. The van der Waals surface area contributed by atoms with E-state index in [4.69, 9.17) is 0 Å². The number of nitrogens with one attached hydrogen (secondary N) is 1. The van der Waals surface area contributed by atoms with Gasteiger partial charge in [-0.2, -0.15) is 0 Å². The first kappa shape index (κ1) is 14.1. The van der Waals surface area contributed by atoms with Crippen LogP contribution in [0.15, 0.2) is 18.2 Å². The molecule has 1 aromatic carbocycles. The molecule has 0 aliphatic carbocycles. The fourth-order valence-corrected chi connectivity index (χ4v) is 1.33. The van der Waals surface area contributed by atoms with Gasteiger partial charge in [0.25, 0.3) is 5.91 Å². The highest BCUT2D eigenvalue weighted by Gasteiger charge is 2.14. The Hall–Kier alpha value is -1.98. The van der Waals surface area contributed by atoms with E-state index in [1.807, 2.05) is 0 Å². The number of methoxy groups -OCH3 is 1. The Morgan fingerprint density at radius 1 is 1.33 bits per heavy atom. The molecule has 1 atom stereocenters. The zero-order valence-corrected chi connectivity index (χ0v) is 10.00. The molecule has 0 radical (unpaired) electrons. The van der Waals surface area contributed by atoms with Crippen LogP contribution in [0.25, 0.3) is 0 Å². The van der Waals surface area contributed by atoms with Crippen molar-refractivity contribution in [3.05, 3.63) is 35.4 Å². The molecule has 4 nitrogen and oxygen atoms in total. The van der Waals surface area contributed by atoms with Crippen molar-refractivity contribution in [1.29, 1.82) is 0 Å². The fraction of sp³-hybridized carbons (Fsp3) is 0.333.